The molecule has 0 aliphatic rings. The third-order valence-electron chi connectivity index (χ3n) is 1.54. The third kappa shape index (κ3) is 5.90. The van der Waals surface area contributed by atoms with E-state index in [1.807, 2.05) is 0 Å². The molecule has 4 nitrogen and oxygen atoms in total. The van der Waals surface area contributed by atoms with Gasteiger partial charge in [0.2, 0.25) is 0 Å². The average Bonchev–Trinajstić information content (AvgIpc) is 2.10. The van der Waals surface area contributed by atoms with Gasteiger partial charge in [-0.15, -0.1) is 0 Å². The van der Waals surface area contributed by atoms with Gasteiger partial charge in [-0.2, -0.15) is 0 Å². The molecule has 0 aromatic carbocycles. The fourth-order valence-corrected chi connectivity index (χ4v) is 0.741. The van der Waals surface area contributed by atoms with Crippen molar-refractivity contribution >= 4 is 11.9 Å². The predicted octanol–water partition coefficient (Wildman–Crippen LogP) is 1.22. The Labute approximate surface area is 77.2 Å². The number of aliphatic carboxylic acids is 1. The number of esters is 1. The van der Waals surface area contributed by atoms with Gasteiger partial charge in [0.05, 0.1) is 5.92 Å². The molecule has 0 radical (unpaired) electrons. The molecule has 0 saturated carbocycles. The highest BCUT2D eigenvalue weighted by Gasteiger charge is 2.14. The zero-order valence-electron chi connectivity index (χ0n) is 7.66. The van der Waals surface area contributed by atoms with E-state index >= 15 is 0 Å². The summed E-state index contributed by atoms with van der Waals surface area (Å²) < 4.78 is 4.74. The first kappa shape index (κ1) is 11.7. The molecule has 4 heteroatoms. The van der Waals surface area contributed by atoms with Crippen LogP contribution in [0.3, 0.4) is 0 Å². The summed E-state index contributed by atoms with van der Waals surface area (Å²) in [4.78, 5) is 21.2. The van der Waals surface area contributed by atoms with Crippen LogP contribution in [0.1, 0.15) is 19.8 Å². The lowest BCUT2D eigenvalue weighted by Gasteiger charge is -2.08. The maximum absolute atomic E-state index is 11.1. The van der Waals surface area contributed by atoms with Gasteiger partial charge in [-0.3, -0.25) is 9.59 Å². The highest BCUT2D eigenvalue weighted by atomic mass is 16.5. The highest BCUT2D eigenvalue weighted by molar-refractivity contribution is 5.73. The molecule has 0 aromatic heterocycles. The van der Waals surface area contributed by atoms with E-state index in [0.717, 1.165) is 0 Å². The van der Waals surface area contributed by atoms with E-state index in [1.165, 1.54) is 6.08 Å². The Hall–Kier alpha value is -1.32. The van der Waals surface area contributed by atoms with Crippen molar-refractivity contribution in [2.24, 2.45) is 5.92 Å². The van der Waals surface area contributed by atoms with Crippen LogP contribution in [0.4, 0.5) is 0 Å². The van der Waals surface area contributed by atoms with Crippen molar-refractivity contribution < 1.29 is 19.4 Å². The van der Waals surface area contributed by atoms with Crippen molar-refractivity contribution in [1.82, 2.24) is 0 Å². The summed E-state index contributed by atoms with van der Waals surface area (Å²) in [5.74, 6) is -1.64. The summed E-state index contributed by atoms with van der Waals surface area (Å²) in [6, 6.07) is 0. The fourth-order valence-electron chi connectivity index (χ4n) is 0.741. The standard InChI is InChI=1S/C9H14O4/c1-3-6-13-9(12)7(2)4-5-8(10)11/h3,7H,1,4-6H2,2H3,(H,10,11). The van der Waals surface area contributed by atoms with Gasteiger partial charge in [0.1, 0.15) is 6.61 Å². The minimum absolute atomic E-state index is 0.00957. The first-order valence-electron chi connectivity index (χ1n) is 4.07. The van der Waals surface area contributed by atoms with Gasteiger partial charge in [0.15, 0.2) is 0 Å². The second-order valence-electron chi connectivity index (χ2n) is 2.75. The summed E-state index contributed by atoms with van der Waals surface area (Å²) in [5, 5.41) is 8.35. The van der Waals surface area contributed by atoms with E-state index in [0.29, 0.717) is 6.42 Å². The van der Waals surface area contributed by atoms with Gasteiger partial charge in [0, 0.05) is 6.42 Å². The average molecular weight is 186 g/mol. The smallest absolute Gasteiger partial charge is 0.308 e. The van der Waals surface area contributed by atoms with E-state index < -0.39 is 5.97 Å². The summed E-state index contributed by atoms with van der Waals surface area (Å²) in [7, 11) is 0. The number of hydrogen-bond donors (Lipinski definition) is 1. The fraction of sp³-hybridized carbons (Fsp3) is 0.556. The van der Waals surface area contributed by atoms with Crippen LogP contribution < -0.4 is 0 Å². The Bertz CT molecular complexity index is 198. The monoisotopic (exact) mass is 186 g/mol. The maximum Gasteiger partial charge on any atom is 0.308 e. The van der Waals surface area contributed by atoms with Crippen molar-refractivity contribution in [3.63, 3.8) is 0 Å². The molecule has 13 heavy (non-hydrogen) atoms. The van der Waals surface area contributed by atoms with Crippen molar-refractivity contribution in [1.29, 1.82) is 0 Å². The summed E-state index contributed by atoms with van der Waals surface area (Å²) >= 11 is 0. The molecule has 74 valence electrons. The van der Waals surface area contributed by atoms with Crippen molar-refractivity contribution in [2.45, 2.75) is 19.8 Å². The first-order chi connectivity index (χ1) is 6.07. The zero-order chi connectivity index (χ0) is 10.3. The Morgan fingerprint density at radius 1 is 1.62 bits per heavy atom. The molecular formula is C9H14O4. The Morgan fingerprint density at radius 3 is 2.69 bits per heavy atom. The highest BCUT2D eigenvalue weighted by Crippen LogP contribution is 2.07. The van der Waals surface area contributed by atoms with Crippen LogP contribution in [0.15, 0.2) is 12.7 Å². The molecule has 0 saturated heterocycles. The van der Waals surface area contributed by atoms with Crippen LogP contribution in [0.5, 0.6) is 0 Å². The number of carboxylic acids is 1. The number of carboxylic acid groups (broad SMARTS) is 1. The number of ether oxygens (including phenoxy) is 1. The minimum atomic E-state index is -0.900. The van der Waals surface area contributed by atoms with Gasteiger partial charge in [-0.1, -0.05) is 19.6 Å². The lowest BCUT2D eigenvalue weighted by Crippen LogP contribution is -2.16. The van der Waals surface area contributed by atoms with Gasteiger partial charge >= 0.3 is 11.9 Å². The Morgan fingerprint density at radius 2 is 2.23 bits per heavy atom. The van der Waals surface area contributed by atoms with Crippen molar-refractivity contribution in [3.8, 4) is 0 Å². The summed E-state index contributed by atoms with van der Waals surface area (Å²) in [6.07, 6.45) is 1.78. The number of rotatable bonds is 6. The minimum Gasteiger partial charge on any atom is -0.481 e. The van der Waals surface area contributed by atoms with E-state index in [4.69, 9.17) is 9.84 Å². The molecule has 0 spiro atoms. The van der Waals surface area contributed by atoms with Crippen LogP contribution in [0.2, 0.25) is 0 Å². The van der Waals surface area contributed by atoms with Crippen LogP contribution in [-0.2, 0) is 14.3 Å². The SMILES string of the molecule is C=CCOC(=O)C(C)CCC(=O)O. The molecule has 0 bridgehead atoms. The van der Waals surface area contributed by atoms with Gasteiger partial charge < -0.3 is 9.84 Å². The van der Waals surface area contributed by atoms with Crippen LogP contribution in [0.25, 0.3) is 0 Å². The largest absolute Gasteiger partial charge is 0.481 e. The Kier molecular flexibility index (Phi) is 5.59. The van der Waals surface area contributed by atoms with Crippen LogP contribution in [-0.4, -0.2) is 23.7 Å². The van der Waals surface area contributed by atoms with Crippen LogP contribution >= 0.6 is 0 Å². The molecule has 1 unspecified atom stereocenters. The molecule has 1 atom stereocenters. The molecule has 0 fully saturated rings. The number of hydrogen-bond acceptors (Lipinski definition) is 3. The van der Waals surface area contributed by atoms with Crippen LogP contribution in [0, 0.1) is 5.92 Å². The third-order valence-corrected chi connectivity index (χ3v) is 1.54. The van der Waals surface area contributed by atoms with Crippen molar-refractivity contribution in [2.75, 3.05) is 6.61 Å². The molecule has 0 rings (SSSR count). The van der Waals surface area contributed by atoms with Gasteiger partial charge in [0.25, 0.3) is 0 Å². The van der Waals surface area contributed by atoms with Gasteiger partial charge in [-0.05, 0) is 6.42 Å². The maximum atomic E-state index is 11.1. The first-order valence-corrected chi connectivity index (χ1v) is 4.07. The van der Waals surface area contributed by atoms with E-state index in [2.05, 4.69) is 6.58 Å². The second-order valence-corrected chi connectivity index (χ2v) is 2.75. The normalized spacial score (nSPS) is 11.8. The van der Waals surface area contributed by atoms with E-state index in [1.54, 1.807) is 6.92 Å². The molecule has 0 aliphatic heterocycles. The summed E-state index contributed by atoms with van der Waals surface area (Å²) in [6.45, 7) is 5.22. The molecule has 0 heterocycles. The lowest BCUT2D eigenvalue weighted by atomic mass is 10.1. The molecule has 1 N–H and O–H groups in total. The second kappa shape index (κ2) is 6.22. The lowest BCUT2D eigenvalue weighted by molar-refractivity contribution is -0.147. The summed E-state index contributed by atoms with van der Waals surface area (Å²) in [5.41, 5.74) is 0. The molecule has 0 aliphatic carbocycles. The number of carbonyl (C=O) groups excluding carboxylic acids is 1. The van der Waals surface area contributed by atoms with E-state index in [-0.39, 0.29) is 24.9 Å². The quantitative estimate of drug-likeness (QED) is 0.500. The molecule has 0 amide bonds. The topological polar surface area (TPSA) is 63.6 Å². The zero-order valence-corrected chi connectivity index (χ0v) is 7.66. The molecule has 0 aromatic rings. The van der Waals surface area contributed by atoms with Gasteiger partial charge in [-0.25, -0.2) is 0 Å². The van der Waals surface area contributed by atoms with E-state index in [9.17, 15) is 9.59 Å². The van der Waals surface area contributed by atoms with Crippen molar-refractivity contribution in [3.05, 3.63) is 12.7 Å². The predicted molar refractivity (Wildman–Crippen MR) is 47.2 cm³/mol. The number of carbonyl (C=O) groups is 2. The molecular weight excluding hydrogens is 172 g/mol. The Balaban J connectivity index is 3.68.